The van der Waals surface area contributed by atoms with Gasteiger partial charge in [-0.1, -0.05) is 128 Å². The molecule has 14 rings (SSSR count). The van der Waals surface area contributed by atoms with Crippen molar-refractivity contribution in [2.45, 2.75) is 13.3 Å². The topological polar surface area (TPSA) is 67.3 Å². The maximum absolute atomic E-state index is 11.4. The largest absolute Gasteiger partial charge is 0.309 e. The molecule has 9 aromatic carbocycles. The van der Waals surface area contributed by atoms with Crippen LogP contribution in [0.1, 0.15) is 29.3 Å². The predicted molar refractivity (Wildman–Crippen MR) is 275 cm³/mol. The summed E-state index contributed by atoms with van der Waals surface area (Å²) >= 11 is 0. The molecule has 1 aliphatic rings. The van der Waals surface area contributed by atoms with Gasteiger partial charge in [-0.05, 0) is 101 Å². The molecule has 0 bridgehead atoms. The maximum atomic E-state index is 11.4. The molecule has 4 heterocycles. The zero-order chi connectivity index (χ0) is 44.5. The van der Waals surface area contributed by atoms with Crippen molar-refractivity contribution in [3.05, 3.63) is 210 Å². The van der Waals surface area contributed by atoms with E-state index < -0.39 is 0 Å². The molecule has 0 aliphatic heterocycles. The summed E-state index contributed by atoms with van der Waals surface area (Å²) < 4.78 is 9.19. The van der Waals surface area contributed by atoms with Crippen LogP contribution in [0.25, 0.3) is 116 Å². The van der Waals surface area contributed by atoms with Gasteiger partial charge >= 0.3 is 0 Å². The lowest BCUT2D eigenvalue weighted by atomic mass is 9.93. The quantitative estimate of drug-likeness (QED) is 0.177. The molecule has 0 saturated carbocycles. The molecular formula is C61H38N6. The number of rotatable bonds is 4. The van der Waals surface area contributed by atoms with Gasteiger partial charge in [-0.2, -0.15) is 10.5 Å². The van der Waals surface area contributed by atoms with E-state index in [9.17, 15) is 10.5 Å². The van der Waals surface area contributed by atoms with Gasteiger partial charge in [0.2, 0.25) is 0 Å². The minimum absolute atomic E-state index is 0.344. The van der Waals surface area contributed by atoms with Gasteiger partial charge in [0.1, 0.15) is 12.1 Å². The highest BCUT2D eigenvalue weighted by molar-refractivity contribution is 6.22. The summed E-state index contributed by atoms with van der Waals surface area (Å²) in [5, 5.41) is 33.0. The average Bonchev–Trinajstić information content (AvgIpc) is 4.11. The van der Waals surface area contributed by atoms with Crippen LogP contribution in [0.15, 0.2) is 188 Å². The van der Waals surface area contributed by atoms with E-state index in [0.717, 1.165) is 99.8 Å². The first-order valence-electron chi connectivity index (χ1n) is 22.9. The van der Waals surface area contributed by atoms with Crippen LogP contribution >= 0.6 is 0 Å². The number of nitrogens with zero attached hydrogens (tertiary/aromatic N) is 6. The Balaban J connectivity index is 1.07. The molecule has 0 saturated heterocycles. The molecule has 0 fully saturated rings. The molecule has 0 amide bonds. The minimum Gasteiger partial charge on any atom is -0.309 e. The van der Waals surface area contributed by atoms with E-state index in [-0.39, 0.29) is 0 Å². The summed E-state index contributed by atoms with van der Waals surface area (Å²) in [4.78, 5) is 0. The van der Waals surface area contributed by atoms with Gasteiger partial charge in [0.05, 0.1) is 61.1 Å². The Labute approximate surface area is 384 Å². The Morgan fingerprint density at radius 2 is 0.985 bits per heavy atom. The Kier molecular flexibility index (Phi) is 7.76. The third-order valence-electron chi connectivity index (χ3n) is 14.3. The van der Waals surface area contributed by atoms with Gasteiger partial charge in [0, 0.05) is 54.8 Å². The molecule has 6 nitrogen and oxygen atoms in total. The van der Waals surface area contributed by atoms with Gasteiger partial charge in [-0.3, -0.25) is 0 Å². The molecule has 13 aromatic rings. The first kappa shape index (κ1) is 37.3. The van der Waals surface area contributed by atoms with Crippen LogP contribution in [0.2, 0.25) is 0 Å². The first-order valence-corrected chi connectivity index (χ1v) is 22.9. The predicted octanol–water partition coefficient (Wildman–Crippen LogP) is 15.0. The van der Waals surface area contributed by atoms with Crippen molar-refractivity contribution in [2.75, 3.05) is 0 Å². The van der Waals surface area contributed by atoms with Crippen molar-refractivity contribution in [1.29, 1.82) is 10.5 Å². The van der Waals surface area contributed by atoms with E-state index in [4.69, 9.17) is 0 Å². The molecule has 1 unspecified atom stereocenters. The van der Waals surface area contributed by atoms with Crippen molar-refractivity contribution >= 4 is 93.2 Å². The molecule has 0 radical (unpaired) electrons. The average molecular weight is 855 g/mol. The van der Waals surface area contributed by atoms with Crippen LogP contribution in [-0.2, 0) is 6.42 Å². The molecule has 1 aliphatic carbocycles. The molecule has 4 aromatic heterocycles. The summed E-state index contributed by atoms with van der Waals surface area (Å²) in [6, 6.07) is 69.5. The van der Waals surface area contributed by atoms with Crippen LogP contribution in [-0.4, -0.2) is 18.3 Å². The Hall–Kier alpha value is -9.10. The fourth-order valence-electron chi connectivity index (χ4n) is 11.5. The normalized spacial score (nSPS) is 13.7. The monoisotopic (exact) mass is 854 g/mol. The summed E-state index contributed by atoms with van der Waals surface area (Å²) in [5.74, 6) is 0.344. The molecule has 0 spiro atoms. The third-order valence-corrected chi connectivity index (χ3v) is 14.3. The minimum atomic E-state index is 0.344. The molecule has 6 heteroatoms. The summed E-state index contributed by atoms with van der Waals surface area (Å²) in [5.41, 5.74) is 14.1. The second kappa shape index (κ2) is 13.9. The number of para-hydroxylation sites is 4. The lowest BCUT2D eigenvalue weighted by molar-refractivity contribution is 0.717. The number of nitriles is 2. The number of hydrogen-bond donors (Lipinski definition) is 0. The zero-order valence-corrected chi connectivity index (χ0v) is 36.4. The number of hydrogen-bond acceptors (Lipinski definition) is 2. The number of allylic oxidation sites excluding steroid dienone is 1. The standard InChI is InChI=1S/C61H38N6/c1-37-23-28-54-49(31-37)48-27-26-47-46-19-9-12-22-53(46)65(41-14-3-2-4-15-41)60(47)61(48)67(54)58-33-39(35-62)57(32-40(58)36-63)66-55-30-25-42(34-50(55)59-43-16-6-5-13-38(43)24-29-56(59)66)64-51-20-10-7-17-44(51)45-18-8-11-21-52(45)64/h2-30,32-34,37H,31H2,1H3. The third kappa shape index (κ3) is 5.13. The highest BCUT2D eigenvalue weighted by atomic mass is 15.1. The Morgan fingerprint density at radius 3 is 1.69 bits per heavy atom. The van der Waals surface area contributed by atoms with Crippen molar-refractivity contribution in [3.8, 4) is 34.9 Å². The van der Waals surface area contributed by atoms with Gasteiger partial charge in [-0.25, -0.2) is 0 Å². The Bertz CT molecular complexity index is 4350. The first-order chi connectivity index (χ1) is 33.1. The zero-order valence-electron chi connectivity index (χ0n) is 36.4. The van der Waals surface area contributed by atoms with Crippen LogP contribution in [0.3, 0.4) is 0 Å². The molecule has 67 heavy (non-hydrogen) atoms. The van der Waals surface area contributed by atoms with Crippen LogP contribution in [0, 0.1) is 28.6 Å². The molecule has 1 atom stereocenters. The summed E-state index contributed by atoms with van der Waals surface area (Å²) in [6.45, 7) is 2.26. The fraction of sp³-hybridized carbons (Fsp3) is 0.0492. The summed E-state index contributed by atoms with van der Waals surface area (Å²) in [7, 11) is 0. The van der Waals surface area contributed by atoms with Crippen molar-refractivity contribution in [1.82, 2.24) is 18.3 Å². The lowest BCUT2D eigenvalue weighted by Gasteiger charge is -2.19. The molecule has 312 valence electrons. The van der Waals surface area contributed by atoms with Crippen molar-refractivity contribution in [3.63, 3.8) is 0 Å². The van der Waals surface area contributed by atoms with E-state index in [2.05, 4.69) is 219 Å². The van der Waals surface area contributed by atoms with E-state index in [1.54, 1.807) is 0 Å². The fourth-order valence-corrected chi connectivity index (χ4v) is 11.5. The van der Waals surface area contributed by atoms with Crippen molar-refractivity contribution in [2.24, 2.45) is 5.92 Å². The number of aromatic nitrogens is 4. The highest BCUT2D eigenvalue weighted by Crippen LogP contribution is 2.45. The molecule has 0 N–H and O–H groups in total. The number of benzene rings is 9. The van der Waals surface area contributed by atoms with Gasteiger partial charge in [0.25, 0.3) is 0 Å². The van der Waals surface area contributed by atoms with Crippen LogP contribution in [0.4, 0.5) is 0 Å². The van der Waals surface area contributed by atoms with Crippen molar-refractivity contribution < 1.29 is 0 Å². The second-order valence-corrected chi connectivity index (χ2v) is 18.0. The maximum Gasteiger partial charge on any atom is 0.101 e. The van der Waals surface area contributed by atoms with Crippen LogP contribution in [0.5, 0.6) is 0 Å². The highest BCUT2D eigenvalue weighted by Gasteiger charge is 2.28. The van der Waals surface area contributed by atoms with E-state index >= 15 is 0 Å². The second-order valence-electron chi connectivity index (χ2n) is 18.0. The van der Waals surface area contributed by atoms with Gasteiger partial charge in [0.15, 0.2) is 0 Å². The number of fused-ring (bicyclic) bond motifs is 15. The smallest absolute Gasteiger partial charge is 0.101 e. The van der Waals surface area contributed by atoms with Gasteiger partial charge in [-0.15, -0.1) is 0 Å². The van der Waals surface area contributed by atoms with E-state index in [1.807, 2.05) is 12.1 Å². The molecular weight excluding hydrogens is 817 g/mol. The van der Waals surface area contributed by atoms with Gasteiger partial charge < -0.3 is 18.3 Å². The summed E-state index contributed by atoms with van der Waals surface area (Å²) in [6.07, 6.45) is 5.35. The lowest BCUT2D eigenvalue weighted by Crippen LogP contribution is -2.08. The van der Waals surface area contributed by atoms with E-state index in [0.29, 0.717) is 28.4 Å². The van der Waals surface area contributed by atoms with Crippen LogP contribution < -0.4 is 0 Å². The Morgan fingerprint density at radius 1 is 0.433 bits per heavy atom. The SMILES string of the molecule is CC1C=Cc2c(c3ccc4c5ccccc5n(-c5ccccc5)c4c3n2-c2cc(C#N)c(-n3c4ccc(-n5c6ccccc6c6ccccc65)cc4c4c5ccccc5ccc43)cc2C#N)C1. The van der Waals surface area contributed by atoms with E-state index in [1.165, 1.54) is 16.3 Å².